The zero-order chi connectivity index (χ0) is 18.2. The molecule has 25 heavy (non-hydrogen) atoms. The van der Waals surface area contributed by atoms with E-state index < -0.39 is 18.1 Å². The highest BCUT2D eigenvalue weighted by molar-refractivity contribution is 5.83. The van der Waals surface area contributed by atoms with E-state index in [0.29, 0.717) is 6.42 Å². The fourth-order valence-electron chi connectivity index (χ4n) is 2.96. The lowest BCUT2D eigenvalue weighted by Gasteiger charge is -2.24. The lowest BCUT2D eigenvalue weighted by Crippen LogP contribution is -2.44. The quantitative estimate of drug-likeness (QED) is 0.451. The van der Waals surface area contributed by atoms with Gasteiger partial charge >= 0.3 is 12.1 Å². The average molecular weight is 345 g/mol. The van der Waals surface area contributed by atoms with Gasteiger partial charge < -0.3 is 14.2 Å². The van der Waals surface area contributed by atoms with Crippen LogP contribution >= 0.6 is 0 Å². The van der Waals surface area contributed by atoms with Crippen LogP contribution in [0.3, 0.4) is 0 Å². The molecule has 1 amide bonds. The Hall–Kier alpha value is -2.76. The second-order valence-electron chi connectivity index (χ2n) is 5.70. The van der Waals surface area contributed by atoms with E-state index in [0.717, 1.165) is 11.1 Å². The summed E-state index contributed by atoms with van der Waals surface area (Å²) in [5.41, 5.74) is 1.70. The first kappa shape index (κ1) is 18.6. The van der Waals surface area contributed by atoms with E-state index in [1.54, 1.807) is 12.3 Å². The summed E-state index contributed by atoms with van der Waals surface area (Å²) in [6, 6.07) is 8.61. The van der Waals surface area contributed by atoms with E-state index in [1.807, 2.05) is 30.3 Å². The van der Waals surface area contributed by atoms with Crippen molar-refractivity contribution >= 4 is 12.1 Å². The molecule has 6 nitrogen and oxygen atoms in total. The molecule has 0 aliphatic carbocycles. The standard InChI is InChI=1S/C19H23NO5/c1-4-8-16-15(13-23-2)11-20(17(16)18(21)24-3)19(22)25-12-14-9-6-5-7-10-14/h4-7,9-10,13,16-17H,1,8,11-12H2,2-3H3/b15-13+/t16-,17+/m1/s1. The zero-order valence-electron chi connectivity index (χ0n) is 14.5. The first-order chi connectivity index (χ1) is 12.1. The molecule has 1 saturated heterocycles. The molecule has 0 unspecified atom stereocenters. The molecule has 1 heterocycles. The van der Waals surface area contributed by atoms with Gasteiger partial charge in [0.1, 0.15) is 12.6 Å². The van der Waals surface area contributed by atoms with Gasteiger partial charge in [-0.3, -0.25) is 4.90 Å². The summed E-state index contributed by atoms with van der Waals surface area (Å²) >= 11 is 0. The summed E-state index contributed by atoms with van der Waals surface area (Å²) in [6.07, 6.45) is 3.24. The van der Waals surface area contributed by atoms with Crippen molar-refractivity contribution in [2.45, 2.75) is 19.1 Å². The van der Waals surface area contributed by atoms with Gasteiger partial charge in [-0.05, 0) is 17.6 Å². The maximum Gasteiger partial charge on any atom is 0.411 e. The molecule has 1 aliphatic heterocycles. The van der Waals surface area contributed by atoms with Gasteiger partial charge in [0, 0.05) is 12.5 Å². The molecule has 0 N–H and O–H groups in total. The third kappa shape index (κ3) is 4.41. The number of likely N-dealkylation sites (tertiary alicyclic amines) is 1. The number of rotatable bonds is 6. The molecule has 0 aromatic heterocycles. The highest BCUT2D eigenvalue weighted by Crippen LogP contribution is 2.33. The van der Waals surface area contributed by atoms with Crippen LogP contribution in [0.2, 0.25) is 0 Å². The molecule has 0 radical (unpaired) electrons. The molecule has 0 bridgehead atoms. The minimum atomic E-state index is -0.757. The summed E-state index contributed by atoms with van der Waals surface area (Å²) in [7, 11) is 2.83. The number of allylic oxidation sites excluding steroid dienone is 1. The molecule has 2 rings (SSSR count). The van der Waals surface area contributed by atoms with Gasteiger partial charge in [-0.25, -0.2) is 9.59 Å². The summed E-state index contributed by atoms with van der Waals surface area (Å²) in [5.74, 6) is -0.725. The van der Waals surface area contributed by atoms with Crippen LogP contribution in [0.1, 0.15) is 12.0 Å². The second kappa shape index (κ2) is 8.92. The molecule has 2 atom stereocenters. The largest absolute Gasteiger partial charge is 0.504 e. The van der Waals surface area contributed by atoms with Crippen molar-refractivity contribution in [1.29, 1.82) is 0 Å². The Morgan fingerprint density at radius 2 is 2.00 bits per heavy atom. The zero-order valence-corrected chi connectivity index (χ0v) is 14.5. The first-order valence-electron chi connectivity index (χ1n) is 8.00. The van der Waals surface area contributed by atoms with Gasteiger partial charge in [-0.2, -0.15) is 0 Å². The third-order valence-corrected chi connectivity index (χ3v) is 4.12. The van der Waals surface area contributed by atoms with Gasteiger partial charge in [0.15, 0.2) is 0 Å². The van der Waals surface area contributed by atoms with Crippen molar-refractivity contribution in [3.8, 4) is 0 Å². The molecule has 134 valence electrons. The fourth-order valence-corrected chi connectivity index (χ4v) is 2.96. The second-order valence-corrected chi connectivity index (χ2v) is 5.70. The van der Waals surface area contributed by atoms with Crippen molar-refractivity contribution in [1.82, 2.24) is 4.90 Å². The normalized spacial score (nSPS) is 21.0. The van der Waals surface area contributed by atoms with Gasteiger partial charge in [0.2, 0.25) is 0 Å². The summed E-state index contributed by atoms with van der Waals surface area (Å²) in [6.45, 7) is 4.12. The molecular weight excluding hydrogens is 322 g/mol. The Morgan fingerprint density at radius 3 is 2.60 bits per heavy atom. The molecule has 0 saturated carbocycles. The molecule has 6 heteroatoms. The minimum Gasteiger partial charge on any atom is -0.504 e. The van der Waals surface area contributed by atoms with E-state index in [1.165, 1.54) is 19.1 Å². The Bertz CT molecular complexity index is 640. The Kier molecular flexibility index (Phi) is 6.62. The number of carbonyl (C=O) groups excluding carboxylic acids is 2. The Balaban J connectivity index is 2.17. The number of nitrogens with zero attached hydrogens (tertiary/aromatic N) is 1. The highest BCUT2D eigenvalue weighted by Gasteiger charge is 2.46. The van der Waals surface area contributed by atoms with Gasteiger partial charge in [-0.1, -0.05) is 36.4 Å². The van der Waals surface area contributed by atoms with Gasteiger partial charge in [0.25, 0.3) is 0 Å². The molecule has 1 aliphatic rings. The van der Waals surface area contributed by atoms with E-state index in [-0.39, 0.29) is 19.1 Å². The predicted octanol–water partition coefficient (Wildman–Crippen LogP) is 2.90. The van der Waals surface area contributed by atoms with Crippen LogP contribution in [-0.4, -0.2) is 43.8 Å². The number of methoxy groups -OCH3 is 2. The Morgan fingerprint density at radius 1 is 1.28 bits per heavy atom. The minimum absolute atomic E-state index is 0.138. The number of carbonyl (C=O) groups is 2. The summed E-state index contributed by atoms with van der Waals surface area (Å²) < 4.78 is 15.4. The van der Waals surface area contributed by atoms with Crippen molar-refractivity contribution < 1.29 is 23.8 Å². The van der Waals surface area contributed by atoms with Crippen molar-refractivity contribution in [3.05, 3.63) is 60.4 Å². The number of esters is 1. The lowest BCUT2D eigenvalue weighted by atomic mass is 9.93. The predicted molar refractivity (Wildman–Crippen MR) is 92.5 cm³/mol. The van der Waals surface area contributed by atoms with Crippen LogP contribution in [0.5, 0.6) is 0 Å². The average Bonchev–Trinajstić information content (AvgIpc) is 2.99. The smallest absolute Gasteiger partial charge is 0.411 e. The molecule has 0 spiro atoms. The first-order valence-corrected chi connectivity index (χ1v) is 8.00. The maximum atomic E-state index is 12.6. The van der Waals surface area contributed by atoms with Crippen molar-refractivity contribution in [2.75, 3.05) is 20.8 Å². The Labute approximate surface area is 147 Å². The molecular formula is C19H23NO5. The van der Waals surface area contributed by atoms with Crippen LogP contribution in [-0.2, 0) is 25.6 Å². The maximum absolute atomic E-state index is 12.6. The van der Waals surface area contributed by atoms with Crippen LogP contribution in [0.25, 0.3) is 0 Å². The van der Waals surface area contributed by atoms with Crippen LogP contribution in [0.4, 0.5) is 4.79 Å². The third-order valence-electron chi connectivity index (χ3n) is 4.12. The molecule has 1 aromatic carbocycles. The van der Waals surface area contributed by atoms with Gasteiger partial charge in [-0.15, -0.1) is 6.58 Å². The highest BCUT2D eigenvalue weighted by atomic mass is 16.6. The van der Waals surface area contributed by atoms with Crippen LogP contribution < -0.4 is 0 Å². The number of benzene rings is 1. The monoisotopic (exact) mass is 345 g/mol. The van der Waals surface area contributed by atoms with E-state index in [4.69, 9.17) is 14.2 Å². The SMILES string of the molecule is C=CC[C@@H]1/C(=C/OC)CN(C(=O)OCc2ccccc2)[C@@H]1C(=O)OC. The van der Waals surface area contributed by atoms with Gasteiger partial charge in [0.05, 0.1) is 20.5 Å². The van der Waals surface area contributed by atoms with Crippen LogP contribution in [0.15, 0.2) is 54.8 Å². The van der Waals surface area contributed by atoms with E-state index in [2.05, 4.69) is 6.58 Å². The number of ether oxygens (including phenoxy) is 3. The number of hydrogen-bond acceptors (Lipinski definition) is 5. The van der Waals surface area contributed by atoms with Crippen molar-refractivity contribution in [3.63, 3.8) is 0 Å². The lowest BCUT2D eigenvalue weighted by molar-refractivity contribution is -0.146. The topological polar surface area (TPSA) is 65.1 Å². The van der Waals surface area contributed by atoms with E-state index >= 15 is 0 Å². The van der Waals surface area contributed by atoms with E-state index in [9.17, 15) is 9.59 Å². The molecule has 1 fully saturated rings. The van der Waals surface area contributed by atoms with Crippen molar-refractivity contribution in [2.24, 2.45) is 5.92 Å². The van der Waals surface area contributed by atoms with Crippen LogP contribution in [0, 0.1) is 5.92 Å². The molecule has 1 aromatic rings. The summed E-state index contributed by atoms with van der Waals surface area (Å²) in [5, 5.41) is 0. The number of hydrogen-bond donors (Lipinski definition) is 0. The fraction of sp³-hybridized carbons (Fsp3) is 0.368. The number of amides is 1. The summed E-state index contributed by atoms with van der Waals surface area (Å²) in [4.78, 5) is 26.2.